The number of pyridine rings is 1. The highest BCUT2D eigenvalue weighted by Gasteiger charge is 2.24. The molecule has 6 heteroatoms. The van der Waals surface area contributed by atoms with Crippen LogP contribution in [-0.4, -0.2) is 50.0 Å². The van der Waals surface area contributed by atoms with E-state index in [9.17, 15) is 0 Å². The molecule has 2 fully saturated rings. The fourth-order valence-corrected chi connectivity index (χ4v) is 5.20. The van der Waals surface area contributed by atoms with E-state index in [4.69, 9.17) is 0 Å². The van der Waals surface area contributed by atoms with Crippen molar-refractivity contribution < 1.29 is 0 Å². The molecule has 1 aliphatic carbocycles. The van der Waals surface area contributed by atoms with Crippen molar-refractivity contribution in [2.45, 2.75) is 62.6 Å². The van der Waals surface area contributed by atoms with Gasteiger partial charge in [-0.05, 0) is 50.9 Å². The van der Waals surface area contributed by atoms with E-state index in [1.54, 1.807) is 0 Å². The molecular formula is C20H29N5S. The summed E-state index contributed by atoms with van der Waals surface area (Å²) < 4.78 is 2.43. The Balaban J connectivity index is 1.50. The van der Waals surface area contributed by atoms with E-state index in [1.165, 1.54) is 64.5 Å². The van der Waals surface area contributed by atoms with Gasteiger partial charge >= 0.3 is 0 Å². The van der Waals surface area contributed by atoms with Crippen molar-refractivity contribution >= 4 is 11.8 Å². The van der Waals surface area contributed by atoms with E-state index in [-0.39, 0.29) is 0 Å². The Kier molecular flexibility index (Phi) is 6.22. The van der Waals surface area contributed by atoms with E-state index in [0.717, 1.165) is 28.8 Å². The van der Waals surface area contributed by atoms with E-state index in [0.29, 0.717) is 6.04 Å². The first-order valence-electron chi connectivity index (χ1n) is 10.1. The summed E-state index contributed by atoms with van der Waals surface area (Å²) in [6.07, 6.45) is 14.3. The average Bonchev–Trinajstić information content (AvgIpc) is 3.14. The summed E-state index contributed by atoms with van der Waals surface area (Å²) in [5.74, 6) is 2.11. The Morgan fingerprint density at radius 2 is 1.65 bits per heavy atom. The molecule has 0 aromatic carbocycles. The van der Waals surface area contributed by atoms with Crippen molar-refractivity contribution in [1.82, 2.24) is 24.6 Å². The number of hydrogen-bond donors (Lipinski definition) is 0. The van der Waals surface area contributed by atoms with Gasteiger partial charge in [0.2, 0.25) is 0 Å². The first-order valence-corrected chi connectivity index (χ1v) is 11.1. The smallest absolute Gasteiger partial charge is 0.191 e. The lowest BCUT2D eigenvalue weighted by Crippen LogP contribution is -2.31. The maximum Gasteiger partial charge on any atom is 0.191 e. The molecule has 5 nitrogen and oxygen atoms in total. The zero-order valence-electron chi connectivity index (χ0n) is 15.5. The summed E-state index contributed by atoms with van der Waals surface area (Å²) in [4.78, 5) is 6.75. The van der Waals surface area contributed by atoms with Crippen LogP contribution in [-0.2, 0) is 0 Å². The van der Waals surface area contributed by atoms with Gasteiger partial charge in [-0.25, -0.2) is 0 Å². The minimum absolute atomic E-state index is 0.541. The molecule has 0 amide bonds. The zero-order chi connectivity index (χ0) is 17.6. The molecule has 2 aliphatic rings. The minimum atomic E-state index is 0.541. The Morgan fingerprint density at radius 3 is 2.42 bits per heavy atom. The van der Waals surface area contributed by atoms with Crippen molar-refractivity contribution in [1.29, 1.82) is 0 Å². The predicted octanol–water partition coefficient (Wildman–Crippen LogP) is 4.42. The lowest BCUT2D eigenvalue weighted by Gasteiger charge is -2.27. The standard InChI is InChI=1S/C20H29N5S/c1-3-7-18(8-4-1)25-19(17-9-11-21-12-10-17)22-23-20(25)26-16-15-24-13-5-2-6-14-24/h9-12,18H,1-8,13-16H2. The Hall–Kier alpha value is -1.40. The molecule has 2 aromatic rings. The number of nitrogens with zero attached hydrogens (tertiary/aromatic N) is 5. The van der Waals surface area contributed by atoms with Crippen LogP contribution < -0.4 is 0 Å². The SMILES string of the molecule is c1cc(-c2nnc(SCCN3CCCCC3)n2C2CCCCC2)ccn1. The molecule has 26 heavy (non-hydrogen) atoms. The van der Waals surface area contributed by atoms with Crippen molar-refractivity contribution in [2.24, 2.45) is 0 Å². The summed E-state index contributed by atoms with van der Waals surface area (Å²) >= 11 is 1.88. The first kappa shape index (κ1) is 18.0. The van der Waals surface area contributed by atoms with E-state index >= 15 is 0 Å². The first-order chi connectivity index (χ1) is 12.9. The lowest BCUT2D eigenvalue weighted by atomic mass is 9.95. The number of thioether (sulfide) groups is 1. The summed E-state index contributed by atoms with van der Waals surface area (Å²) in [5.41, 5.74) is 1.13. The van der Waals surface area contributed by atoms with Crippen molar-refractivity contribution in [3.8, 4) is 11.4 Å². The van der Waals surface area contributed by atoms with Gasteiger partial charge in [0.1, 0.15) is 0 Å². The second-order valence-electron chi connectivity index (χ2n) is 7.45. The summed E-state index contributed by atoms with van der Waals surface area (Å²) in [5, 5.41) is 10.3. The van der Waals surface area contributed by atoms with Gasteiger partial charge < -0.3 is 4.90 Å². The molecule has 0 unspecified atom stereocenters. The molecule has 0 radical (unpaired) electrons. The highest BCUT2D eigenvalue weighted by molar-refractivity contribution is 7.99. The van der Waals surface area contributed by atoms with Crippen molar-refractivity contribution in [3.63, 3.8) is 0 Å². The van der Waals surface area contributed by atoms with Crippen LogP contribution >= 0.6 is 11.8 Å². The fraction of sp³-hybridized carbons (Fsp3) is 0.650. The number of aromatic nitrogens is 4. The van der Waals surface area contributed by atoms with Gasteiger partial charge in [0.15, 0.2) is 11.0 Å². The van der Waals surface area contributed by atoms with Gasteiger partial charge in [0.25, 0.3) is 0 Å². The summed E-state index contributed by atoms with van der Waals surface area (Å²) in [7, 11) is 0. The molecule has 3 heterocycles. The van der Waals surface area contributed by atoms with Gasteiger partial charge in [-0.15, -0.1) is 10.2 Å². The van der Waals surface area contributed by atoms with Crippen LogP contribution in [0.4, 0.5) is 0 Å². The van der Waals surface area contributed by atoms with Crippen LogP contribution in [0.1, 0.15) is 57.4 Å². The third kappa shape index (κ3) is 4.29. The Labute approximate surface area is 160 Å². The third-order valence-corrected chi connectivity index (χ3v) is 6.55. The Morgan fingerprint density at radius 1 is 0.923 bits per heavy atom. The second kappa shape index (κ2) is 9.00. The molecule has 2 aromatic heterocycles. The quantitative estimate of drug-likeness (QED) is 0.703. The van der Waals surface area contributed by atoms with Gasteiger partial charge in [-0.2, -0.15) is 0 Å². The van der Waals surface area contributed by atoms with Crippen LogP contribution in [0.25, 0.3) is 11.4 Å². The second-order valence-corrected chi connectivity index (χ2v) is 8.52. The topological polar surface area (TPSA) is 46.8 Å². The minimum Gasteiger partial charge on any atom is -0.303 e. The lowest BCUT2D eigenvalue weighted by molar-refractivity contribution is 0.242. The third-order valence-electron chi connectivity index (χ3n) is 5.63. The van der Waals surface area contributed by atoms with Crippen molar-refractivity contribution in [2.75, 3.05) is 25.4 Å². The van der Waals surface area contributed by atoms with Crippen LogP contribution in [0.15, 0.2) is 29.7 Å². The fourth-order valence-electron chi connectivity index (χ4n) is 4.19. The molecule has 1 aliphatic heterocycles. The van der Waals surface area contributed by atoms with Gasteiger partial charge in [-0.1, -0.05) is 37.4 Å². The molecule has 0 bridgehead atoms. The molecule has 0 N–H and O–H groups in total. The largest absolute Gasteiger partial charge is 0.303 e. The number of rotatable bonds is 6. The highest BCUT2D eigenvalue weighted by atomic mass is 32.2. The molecule has 140 valence electrons. The summed E-state index contributed by atoms with van der Waals surface area (Å²) in [6, 6.07) is 4.64. The Bertz CT molecular complexity index is 675. The predicted molar refractivity (Wildman–Crippen MR) is 106 cm³/mol. The van der Waals surface area contributed by atoms with Crippen LogP contribution in [0.2, 0.25) is 0 Å². The molecule has 1 saturated carbocycles. The number of hydrogen-bond acceptors (Lipinski definition) is 5. The van der Waals surface area contributed by atoms with Crippen LogP contribution in [0.3, 0.4) is 0 Å². The summed E-state index contributed by atoms with van der Waals surface area (Å²) in [6.45, 7) is 3.68. The number of likely N-dealkylation sites (tertiary alicyclic amines) is 1. The van der Waals surface area contributed by atoms with E-state index in [1.807, 2.05) is 36.3 Å². The van der Waals surface area contributed by atoms with Crippen molar-refractivity contribution in [3.05, 3.63) is 24.5 Å². The highest BCUT2D eigenvalue weighted by Crippen LogP contribution is 2.35. The van der Waals surface area contributed by atoms with Gasteiger partial charge in [0, 0.05) is 36.3 Å². The van der Waals surface area contributed by atoms with Crippen LogP contribution in [0, 0.1) is 0 Å². The average molecular weight is 372 g/mol. The normalized spacial score (nSPS) is 19.7. The molecule has 4 rings (SSSR count). The maximum absolute atomic E-state index is 4.59. The number of piperidine rings is 1. The molecule has 1 saturated heterocycles. The zero-order valence-corrected chi connectivity index (χ0v) is 16.3. The van der Waals surface area contributed by atoms with Gasteiger partial charge in [-0.3, -0.25) is 9.55 Å². The van der Waals surface area contributed by atoms with Gasteiger partial charge in [0.05, 0.1) is 0 Å². The monoisotopic (exact) mass is 371 g/mol. The van der Waals surface area contributed by atoms with E-state index in [2.05, 4.69) is 24.6 Å². The molecule has 0 atom stereocenters. The molecular weight excluding hydrogens is 342 g/mol. The van der Waals surface area contributed by atoms with E-state index < -0.39 is 0 Å². The van der Waals surface area contributed by atoms with Crippen LogP contribution in [0.5, 0.6) is 0 Å². The maximum atomic E-state index is 4.59. The molecule has 0 spiro atoms.